The van der Waals surface area contributed by atoms with E-state index in [1.165, 1.54) is 0 Å². The molecule has 0 saturated heterocycles. The van der Waals surface area contributed by atoms with Crippen molar-refractivity contribution in [2.45, 2.75) is 20.4 Å². The number of carbonyl (C=O) groups is 1. The van der Waals surface area contributed by atoms with Gasteiger partial charge in [0.05, 0.1) is 11.4 Å². The van der Waals surface area contributed by atoms with Crippen molar-refractivity contribution in [3.8, 4) is 5.69 Å². The van der Waals surface area contributed by atoms with Gasteiger partial charge in [-0.05, 0) is 50.2 Å². The maximum Gasteiger partial charge on any atom is 0.253 e. The molecule has 3 aromatic rings. The Morgan fingerprint density at radius 1 is 0.963 bits per heavy atom. The minimum Gasteiger partial charge on any atom is -0.378 e. The van der Waals surface area contributed by atoms with Gasteiger partial charge in [0.2, 0.25) is 0 Å². The molecule has 0 atom stereocenters. The van der Waals surface area contributed by atoms with Crippen LogP contribution < -0.4 is 4.90 Å². The van der Waals surface area contributed by atoms with Gasteiger partial charge in [-0.1, -0.05) is 18.2 Å². The van der Waals surface area contributed by atoms with Gasteiger partial charge in [-0.25, -0.2) is 4.68 Å². The molecule has 0 N–H and O–H groups in total. The monoisotopic (exact) mass is 362 g/mol. The first-order chi connectivity index (χ1) is 12.9. The first-order valence-corrected chi connectivity index (χ1v) is 9.02. The topological polar surface area (TPSA) is 41.4 Å². The van der Waals surface area contributed by atoms with Gasteiger partial charge in [0.25, 0.3) is 5.91 Å². The number of benzene rings is 2. The fourth-order valence-corrected chi connectivity index (χ4v) is 3.16. The summed E-state index contributed by atoms with van der Waals surface area (Å²) >= 11 is 0. The van der Waals surface area contributed by atoms with Crippen molar-refractivity contribution in [3.05, 3.63) is 77.1 Å². The molecule has 2 aromatic carbocycles. The van der Waals surface area contributed by atoms with Crippen molar-refractivity contribution < 1.29 is 4.79 Å². The number of para-hydroxylation sites is 1. The van der Waals surface area contributed by atoms with Crippen LogP contribution >= 0.6 is 0 Å². The molecular formula is C22H26N4O. The predicted molar refractivity (Wildman–Crippen MR) is 110 cm³/mol. The van der Waals surface area contributed by atoms with E-state index in [1.807, 2.05) is 99.2 Å². The predicted octanol–water partition coefficient (Wildman–Crippen LogP) is 3.83. The molecular weight excluding hydrogens is 336 g/mol. The Labute approximate surface area is 160 Å². The third-order valence-electron chi connectivity index (χ3n) is 4.81. The minimum atomic E-state index is 0.00608. The van der Waals surface area contributed by atoms with E-state index in [0.29, 0.717) is 12.1 Å². The Morgan fingerprint density at radius 2 is 1.59 bits per heavy atom. The number of carbonyl (C=O) groups excluding carboxylic acids is 1. The van der Waals surface area contributed by atoms with Crippen LogP contribution in [0.15, 0.2) is 54.6 Å². The Kier molecular flexibility index (Phi) is 5.31. The molecule has 0 saturated carbocycles. The van der Waals surface area contributed by atoms with Gasteiger partial charge < -0.3 is 9.80 Å². The number of hydrogen-bond acceptors (Lipinski definition) is 3. The lowest BCUT2D eigenvalue weighted by Gasteiger charge is -2.19. The van der Waals surface area contributed by atoms with E-state index < -0.39 is 0 Å². The molecule has 1 amide bonds. The van der Waals surface area contributed by atoms with Gasteiger partial charge in [-0.15, -0.1) is 0 Å². The zero-order valence-corrected chi connectivity index (χ0v) is 16.6. The molecule has 1 heterocycles. The highest BCUT2D eigenvalue weighted by molar-refractivity contribution is 5.94. The molecule has 3 rings (SSSR count). The van der Waals surface area contributed by atoms with Crippen molar-refractivity contribution in [2.75, 3.05) is 26.0 Å². The van der Waals surface area contributed by atoms with Crippen molar-refractivity contribution in [1.29, 1.82) is 0 Å². The van der Waals surface area contributed by atoms with Crippen LogP contribution in [0.2, 0.25) is 0 Å². The molecule has 0 aliphatic rings. The van der Waals surface area contributed by atoms with E-state index in [9.17, 15) is 4.79 Å². The molecule has 0 bridgehead atoms. The summed E-state index contributed by atoms with van der Waals surface area (Å²) in [7, 11) is 5.80. The minimum absolute atomic E-state index is 0.00608. The first-order valence-electron chi connectivity index (χ1n) is 9.02. The van der Waals surface area contributed by atoms with Crippen LogP contribution in [0.3, 0.4) is 0 Å². The summed E-state index contributed by atoms with van der Waals surface area (Å²) in [5.74, 6) is 0.00608. The largest absolute Gasteiger partial charge is 0.378 e. The molecule has 1 aromatic heterocycles. The van der Waals surface area contributed by atoms with Crippen LogP contribution in [-0.2, 0) is 6.54 Å². The molecule has 5 heteroatoms. The van der Waals surface area contributed by atoms with E-state index in [0.717, 1.165) is 28.3 Å². The van der Waals surface area contributed by atoms with Crippen LogP contribution in [-0.4, -0.2) is 41.7 Å². The molecule has 0 unspecified atom stereocenters. The Balaban J connectivity index is 1.80. The van der Waals surface area contributed by atoms with Gasteiger partial charge in [0, 0.05) is 50.2 Å². The Morgan fingerprint density at radius 3 is 2.19 bits per heavy atom. The summed E-state index contributed by atoms with van der Waals surface area (Å²) in [5, 5.41) is 4.67. The molecule has 0 aliphatic carbocycles. The second-order valence-electron chi connectivity index (χ2n) is 7.00. The first kappa shape index (κ1) is 18.7. The second-order valence-corrected chi connectivity index (χ2v) is 7.00. The van der Waals surface area contributed by atoms with E-state index in [4.69, 9.17) is 0 Å². The van der Waals surface area contributed by atoms with Gasteiger partial charge in [-0.2, -0.15) is 5.10 Å². The summed E-state index contributed by atoms with van der Waals surface area (Å²) in [6.07, 6.45) is 0. The normalized spacial score (nSPS) is 10.7. The van der Waals surface area contributed by atoms with E-state index in [2.05, 4.69) is 5.10 Å². The smallest absolute Gasteiger partial charge is 0.253 e. The maximum absolute atomic E-state index is 12.8. The van der Waals surface area contributed by atoms with Crippen LogP contribution in [0.25, 0.3) is 5.69 Å². The van der Waals surface area contributed by atoms with Gasteiger partial charge in [0.15, 0.2) is 0 Å². The lowest BCUT2D eigenvalue weighted by atomic mass is 10.1. The van der Waals surface area contributed by atoms with E-state index >= 15 is 0 Å². The zero-order valence-electron chi connectivity index (χ0n) is 16.6. The van der Waals surface area contributed by atoms with Crippen LogP contribution in [0, 0.1) is 13.8 Å². The van der Waals surface area contributed by atoms with Crippen LogP contribution in [0.5, 0.6) is 0 Å². The summed E-state index contributed by atoms with van der Waals surface area (Å²) < 4.78 is 1.94. The molecule has 5 nitrogen and oxygen atoms in total. The van der Waals surface area contributed by atoms with Gasteiger partial charge in [0.1, 0.15) is 0 Å². The Bertz CT molecular complexity index is 927. The maximum atomic E-state index is 12.8. The van der Waals surface area contributed by atoms with E-state index in [1.54, 1.807) is 4.90 Å². The lowest BCUT2D eigenvalue weighted by molar-refractivity contribution is 0.0785. The highest BCUT2D eigenvalue weighted by Gasteiger charge is 2.18. The Hall–Kier alpha value is -3.08. The molecule has 0 spiro atoms. The summed E-state index contributed by atoms with van der Waals surface area (Å²) in [5.41, 5.74) is 5.87. The number of amides is 1. The highest BCUT2D eigenvalue weighted by atomic mass is 16.2. The fraction of sp³-hybridized carbons (Fsp3) is 0.273. The van der Waals surface area contributed by atoms with Crippen molar-refractivity contribution in [1.82, 2.24) is 14.7 Å². The third-order valence-corrected chi connectivity index (χ3v) is 4.81. The SMILES string of the molecule is Cc1nn(-c2ccccc2)c(C)c1CN(C)C(=O)c1ccc(N(C)C)cc1. The van der Waals surface area contributed by atoms with Crippen LogP contribution in [0.1, 0.15) is 27.3 Å². The third kappa shape index (κ3) is 3.87. The number of aromatic nitrogens is 2. The van der Waals surface area contributed by atoms with Gasteiger partial charge >= 0.3 is 0 Å². The van der Waals surface area contributed by atoms with Crippen molar-refractivity contribution in [2.24, 2.45) is 0 Å². The molecule has 0 fully saturated rings. The summed E-state index contributed by atoms with van der Waals surface area (Å²) in [4.78, 5) is 16.6. The standard InChI is InChI=1S/C22H26N4O/c1-16-21(17(2)26(23-16)20-9-7-6-8-10-20)15-25(5)22(27)18-11-13-19(14-12-18)24(3)4/h6-14H,15H2,1-5H3. The fourth-order valence-electron chi connectivity index (χ4n) is 3.16. The number of aryl methyl sites for hydroxylation is 1. The van der Waals surface area contributed by atoms with Crippen molar-refractivity contribution >= 4 is 11.6 Å². The lowest BCUT2D eigenvalue weighted by Crippen LogP contribution is -2.26. The number of hydrogen-bond donors (Lipinski definition) is 0. The molecule has 0 radical (unpaired) electrons. The molecule has 27 heavy (non-hydrogen) atoms. The van der Waals surface area contributed by atoms with Crippen LogP contribution in [0.4, 0.5) is 5.69 Å². The van der Waals surface area contributed by atoms with E-state index in [-0.39, 0.29) is 5.91 Å². The number of anilines is 1. The van der Waals surface area contributed by atoms with Crippen molar-refractivity contribution in [3.63, 3.8) is 0 Å². The zero-order chi connectivity index (χ0) is 19.6. The highest BCUT2D eigenvalue weighted by Crippen LogP contribution is 2.20. The second kappa shape index (κ2) is 7.66. The average molecular weight is 362 g/mol. The molecule has 0 aliphatic heterocycles. The average Bonchev–Trinajstić information content (AvgIpc) is 2.96. The van der Waals surface area contributed by atoms with Gasteiger partial charge in [-0.3, -0.25) is 4.79 Å². The number of rotatable bonds is 5. The quantitative estimate of drug-likeness (QED) is 0.693. The molecule has 140 valence electrons. The number of nitrogens with zero attached hydrogens (tertiary/aromatic N) is 4. The summed E-state index contributed by atoms with van der Waals surface area (Å²) in [6, 6.07) is 17.7. The summed E-state index contributed by atoms with van der Waals surface area (Å²) in [6.45, 7) is 4.57.